The number of nitrogens with zero attached hydrogens (tertiary/aromatic N) is 1. The summed E-state index contributed by atoms with van der Waals surface area (Å²) < 4.78 is 27.0. The fourth-order valence-electron chi connectivity index (χ4n) is 3.80. The Hall–Kier alpha value is -2.35. The van der Waals surface area contributed by atoms with E-state index in [0.29, 0.717) is 5.92 Å². The third-order valence-electron chi connectivity index (χ3n) is 5.33. The topological polar surface area (TPSA) is 95.6 Å². The average molecular weight is 406 g/mol. The van der Waals surface area contributed by atoms with Crippen LogP contribution in [0.3, 0.4) is 0 Å². The molecule has 28 heavy (non-hydrogen) atoms. The molecule has 0 bridgehead atoms. The van der Waals surface area contributed by atoms with Gasteiger partial charge in [-0.15, -0.1) is 0 Å². The fourth-order valence-corrected chi connectivity index (χ4v) is 5.25. The number of carbonyl (C=O) groups excluding carboxylic acids is 2. The Bertz CT molecular complexity index is 864. The van der Waals surface area contributed by atoms with E-state index in [1.165, 1.54) is 24.5 Å². The second kappa shape index (κ2) is 8.34. The molecule has 0 saturated heterocycles. The van der Waals surface area contributed by atoms with Gasteiger partial charge in [-0.2, -0.15) is 0 Å². The zero-order valence-corrected chi connectivity index (χ0v) is 17.0. The molecular formula is C20H27N3O4S. The van der Waals surface area contributed by atoms with E-state index in [4.69, 9.17) is 0 Å². The lowest BCUT2D eigenvalue weighted by Gasteiger charge is -2.32. The van der Waals surface area contributed by atoms with Crippen LogP contribution in [-0.2, 0) is 19.6 Å². The standard InChI is InChI=1S/C20H27N3O4S/c1-14-6-8-17(9-7-14)28(26,27)23-11-10-21-20(25)18(23)13-19(24)22-16-5-3-4-15(2)12-16/h6-11,15-16,18H,3-5,12-13H2,1-2H3,(H,21,25)(H,22,24)/t15?,16-,18?/m0/s1. The van der Waals surface area contributed by atoms with E-state index in [9.17, 15) is 18.0 Å². The summed E-state index contributed by atoms with van der Waals surface area (Å²) in [7, 11) is -3.94. The van der Waals surface area contributed by atoms with Gasteiger partial charge in [0.15, 0.2) is 0 Å². The van der Waals surface area contributed by atoms with Crippen molar-refractivity contribution in [3.8, 4) is 0 Å². The van der Waals surface area contributed by atoms with Crippen LogP contribution >= 0.6 is 0 Å². The maximum atomic E-state index is 13.0. The Morgan fingerprint density at radius 1 is 1.25 bits per heavy atom. The number of benzene rings is 1. The van der Waals surface area contributed by atoms with Crippen LogP contribution in [0.2, 0.25) is 0 Å². The predicted octanol–water partition coefficient (Wildman–Crippen LogP) is 2.04. The molecule has 1 saturated carbocycles. The highest BCUT2D eigenvalue weighted by Crippen LogP contribution is 2.25. The number of hydrogen-bond acceptors (Lipinski definition) is 4. The molecule has 2 amide bonds. The molecular weight excluding hydrogens is 378 g/mol. The number of amides is 2. The van der Waals surface area contributed by atoms with E-state index in [0.717, 1.165) is 35.6 Å². The molecule has 1 fully saturated rings. The van der Waals surface area contributed by atoms with Gasteiger partial charge in [0.25, 0.3) is 10.0 Å². The highest BCUT2D eigenvalue weighted by molar-refractivity contribution is 7.89. The summed E-state index contributed by atoms with van der Waals surface area (Å²) in [6, 6.07) is 5.38. The third-order valence-corrected chi connectivity index (χ3v) is 7.13. The smallest absolute Gasteiger partial charge is 0.264 e. The van der Waals surface area contributed by atoms with Crippen molar-refractivity contribution in [2.24, 2.45) is 5.92 Å². The molecule has 152 valence electrons. The van der Waals surface area contributed by atoms with Crippen LogP contribution in [0.15, 0.2) is 41.6 Å². The number of aryl methyl sites for hydroxylation is 1. The van der Waals surface area contributed by atoms with Gasteiger partial charge in [-0.3, -0.25) is 13.9 Å². The lowest BCUT2D eigenvalue weighted by atomic mass is 9.87. The number of carbonyl (C=O) groups is 2. The average Bonchev–Trinajstić information content (AvgIpc) is 2.63. The first kappa shape index (κ1) is 20.4. The molecule has 3 rings (SSSR count). The minimum absolute atomic E-state index is 0.0839. The van der Waals surface area contributed by atoms with Gasteiger partial charge >= 0.3 is 0 Å². The molecule has 0 spiro atoms. The zero-order chi connectivity index (χ0) is 20.3. The summed E-state index contributed by atoms with van der Waals surface area (Å²) in [5, 5.41) is 5.48. The van der Waals surface area contributed by atoms with Gasteiger partial charge in [0.2, 0.25) is 11.8 Å². The summed E-state index contributed by atoms with van der Waals surface area (Å²) >= 11 is 0. The second-order valence-corrected chi connectivity index (χ2v) is 9.57. The zero-order valence-electron chi connectivity index (χ0n) is 16.2. The Morgan fingerprint density at radius 2 is 1.96 bits per heavy atom. The van der Waals surface area contributed by atoms with Crippen molar-refractivity contribution in [3.05, 3.63) is 42.2 Å². The van der Waals surface area contributed by atoms with Crippen molar-refractivity contribution in [1.29, 1.82) is 0 Å². The van der Waals surface area contributed by atoms with Gasteiger partial charge in [0, 0.05) is 18.4 Å². The minimum Gasteiger partial charge on any atom is -0.353 e. The molecule has 0 radical (unpaired) electrons. The second-order valence-electron chi connectivity index (χ2n) is 7.73. The van der Waals surface area contributed by atoms with Crippen LogP contribution in [0.5, 0.6) is 0 Å². The molecule has 1 aliphatic heterocycles. The largest absolute Gasteiger partial charge is 0.353 e. The Kier molecular flexibility index (Phi) is 6.07. The summed E-state index contributed by atoms with van der Waals surface area (Å²) in [5.74, 6) is -0.262. The molecule has 1 aromatic rings. The van der Waals surface area contributed by atoms with E-state index in [2.05, 4.69) is 17.6 Å². The van der Waals surface area contributed by atoms with Crippen LogP contribution in [0.25, 0.3) is 0 Å². The van der Waals surface area contributed by atoms with Crippen molar-refractivity contribution in [1.82, 2.24) is 14.9 Å². The summed E-state index contributed by atoms with van der Waals surface area (Å²) in [6.45, 7) is 4.03. The molecule has 8 heteroatoms. The Balaban J connectivity index is 1.76. The lowest BCUT2D eigenvalue weighted by molar-refractivity contribution is -0.130. The van der Waals surface area contributed by atoms with Crippen molar-refractivity contribution in [3.63, 3.8) is 0 Å². The number of sulfonamides is 1. The first-order valence-electron chi connectivity index (χ1n) is 9.64. The lowest BCUT2D eigenvalue weighted by Crippen LogP contribution is -2.51. The van der Waals surface area contributed by atoms with E-state index in [1.807, 2.05) is 6.92 Å². The maximum Gasteiger partial charge on any atom is 0.264 e. The highest BCUT2D eigenvalue weighted by atomic mass is 32.2. The van der Waals surface area contributed by atoms with Crippen molar-refractivity contribution >= 4 is 21.8 Å². The molecule has 1 aliphatic carbocycles. The van der Waals surface area contributed by atoms with Gasteiger partial charge in [0.05, 0.1) is 11.3 Å². The molecule has 0 aromatic heterocycles. The van der Waals surface area contributed by atoms with Crippen molar-refractivity contribution in [2.45, 2.75) is 62.9 Å². The van der Waals surface area contributed by atoms with Gasteiger partial charge in [-0.1, -0.05) is 37.5 Å². The van der Waals surface area contributed by atoms with E-state index < -0.39 is 22.0 Å². The molecule has 3 atom stereocenters. The molecule has 1 aromatic carbocycles. The number of rotatable bonds is 5. The van der Waals surface area contributed by atoms with Gasteiger partial charge in [0.1, 0.15) is 6.04 Å². The monoisotopic (exact) mass is 405 g/mol. The third kappa shape index (κ3) is 4.55. The van der Waals surface area contributed by atoms with Crippen molar-refractivity contribution < 1.29 is 18.0 Å². The molecule has 2 unspecified atom stereocenters. The van der Waals surface area contributed by atoms with E-state index in [1.54, 1.807) is 12.1 Å². The van der Waals surface area contributed by atoms with Crippen molar-refractivity contribution in [2.75, 3.05) is 0 Å². The first-order valence-corrected chi connectivity index (χ1v) is 11.1. The first-order chi connectivity index (χ1) is 13.3. The van der Waals surface area contributed by atoms with E-state index in [-0.39, 0.29) is 23.3 Å². The van der Waals surface area contributed by atoms with Crippen LogP contribution in [-0.4, -0.2) is 36.6 Å². The molecule has 2 N–H and O–H groups in total. The molecule has 7 nitrogen and oxygen atoms in total. The normalized spacial score (nSPS) is 25.3. The number of hydrogen-bond donors (Lipinski definition) is 2. The predicted molar refractivity (Wildman–Crippen MR) is 105 cm³/mol. The fraction of sp³-hybridized carbons (Fsp3) is 0.500. The van der Waals surface area contributed by atoms with Crippen LogP contribution in [0.1, 0.15) is 44.6 Å². The van der Waals surface area contributed by atoms with Gasteiger partial charge in [-0.25, -0.2) is 8.42 Å². The summed E-state index contributed by atoms with van der Waals surface area (Å²) in [5.41, 5.74) is 0.934. The van der Waals surface area contributed by atoms with Crippen LogP contribution < -0.4 is 10.6 Å². The number of nitrogens with one attached hydrogen (secondary N) is 2. The Labute approximate surface area is 166 Å². The van der Waals surface area contributed by atoms with Crippen LogP contribution in [0, 0.1) is 12.8 Å². The summed E-state index contributed by atoms with van der Waals surface area (Å²) in [4.78, 5) is 25.0. The quantitative estimate of drug-likeness (QED) is 0.784. The summed E-state index contributed by atoms with van der Waals surface area (Å²) in [6.07, 6.45) is 6.41. The highest BCUT2D eigenvalue weighted by Gasteiger charge is 2.37. The minimum atomic E-state index is -3.94. The van der Waals surface area contributed by atoms with Crippen LogP contribution in [0.4, 0.5) is 0 Å². The Morgan fingerprint density at radius 3 is 2.64 bits per heavy atom. The maximum absolute atomic E-state index is 13.0. The van der Waals surface area contributed by atoms with E-state index >= 15 is 0 Å². The molecule has 2 aliphatic rings. The SMILES string of the molecule is Cc1ccc(S(=O)(=O)N2C=CNC(=O)C2CC(=O)N[C@H]2CCCC(C)C2)cc1. The molecule has 1 heterocycles. The van der Waals surface area contributed by atoms with Gasteiger partial charge in [-0.05, 0) is 37.8 Å². The van der Waals surface area contributed by atoms with Gasteiger partial charge < -0.3 is 10.6 Å².